The van der Waals surface area contributed by atoms with E-state index in [1.54, 1.807) is 0 Å². The van der Waals surface area contributed by atoms with Crippen LogP contribution in [0, 0.1) is 0 Å². The molecular weight excluding hydrogens is 419 g/mol. The van der Waals surface area contributed by atoms with Crippen LogP contribution in [0.15, 0.2) is 95.3 Å². The Morgan fingerprint density at radius 1 is 0.706 bits per heavy atom. The number of hydrogen-bond acceptors (Lipinski definition) is 3. The molecule has 1 fully saturated rings. The van der Waals surface area contributed by atoms with E-state index >= 15 is 0 Å². The van der Waals surface area contributed by atoms with E-state index < -0.39 is 24.4 Å². The van der Waals surface area contributed by atoms with Gasteiger partial charge in [-0.05, 0) is 68.0 Å². The highest BCUT2D eigenvalue weighted by atomic mass is 16.7. The summed E-state index contributed by atoms with van der Waals surface area (Å²) < 4.78 is 60.7. The molecule has 4 heteroatoms. The summed E-state index contributed by atoms with van der Waals surface area (Å²) in [6.07, 6.45) is 0. The Balaban J connectivity index is 1.62. The largest absolute Gasteiger partial charge is 0.494 e. The summed E-state index contributed by atoms with van der Waals surface area (Å²) in [5.41, 5.74) is 3.22. The topological polar surface area (TPSA) is 31.6 Å². The van der Waals surface area contributed by atoms with Crippen LogP contribution in [0.1, 0.15) is 34.5 Å². The summed E-state index contributed by atoms with van der Waals surface area (Å²) in [4.78, 5) is 0. The maximum absolute atomic E-state index is 8.63. The van der Waals surface area contributed by atoms with Crippen LogP contribution in [0.25, 0.3) is 44.2 Å². The van der Waals surface area contributed by atoms with Crippen molar-refractivity contribution < 1.29 is 20.6 Å². The Morgan fingerprint density at radius 3 is 2.12 bits per heavy atom. The predicted molar refractivity (Wildman–Crippen MR) is 140 cm³/mol. The van der Waals surface area contributed by atoms with Gasteiger partial charge in [-0.15, -0.1) is 0 Å². The van der Waals surface area contributed by atoms with Crippen molar-refractivity contribution in [1.29, 1.82) is 0 Å². The quantitative estimate of drug-likeness (QED) is 0.272. The fourth-order valence-corrected chi connectivity index (χ4v) is 4.39. The van der Waals surface area contributed by atoms with Gasteiger partial charge in [0.05, 0.1) is 18.1 Å². The van der Waals surface area contributed by atoms with Gasteiger partial charge in [-0.1, -0.05) is 72.7 Å². The zero-order valence-corrected chi connectivity index (χ0v) is 19.6. The lowest BCUT2D eigenvalue weighted by Crippen LogP contribution is -2.41. The van der Waals surface area contributed by atoms with Crippen molar-refractivity contribution in [3.8, 4) is 22.3 Å². The van der Waals surface area contributed by atoms with Crippen LogP contribution in [0.3, 0.4) is 0 Å². The van der Waals surface area contributed by atoms with E-state index in [1.165, 1.54) is 0 Å². The van der Waals surface area contributed by atoms with Crippen molar-refractivity contribution in [1.82, 2.24) is 0 Å². The van der Waals surface area contributed by atoms with Gasteiger partial charge >= 0.3 is 7.12 Å². The Hall–Kier alpha value is -3.34. The van der Waals surface area contributed by atoms with Crippen molar-refractivity contribution in [3.63, 3.8) is 0 Å². The number of benzene rings is 4. The molecular formula is C30H27BO3. The first-order chi connectivity index (χ1) is 18.4. The Kier molecular flexibility index (Phi) is 3.64. The van der Waals surface area contributed by atoms with Crippen LogP contribution in [-0.2, 0) is 9.31 Å². The zero-order valence-electron chi connectivity index (χ0n) is 24.6. The van der Waals surface area contributed by atoms with Gasteiger partial charge in [-0.3, -0.25) is 0 Å². The van der Waals surface area contributed by atoms with E-state index in [4.69, 9.17) is 20.6 Å². The van der Waals surface area contributed by atoms with E-state index in [1.807, 2.05) is 88.4 Å². The molecule has 1 aromatic heterocycles. The molecule has 0 N–H and O–H groups in total. The fourth-order valence-electron chi connectivity index (χ4n) is 4.39. The molecule has 3 nitrogen and oxygen atoms in total. The summed E-state index contributed by atoms with van der Waals surface area (Å²) in [5, 5.41) is 1.63. The number of rotatable bonds is 3. The molecule has 0 spiro atoms. The summed E-state index contributed by atoms with van der Waals surface area (Å²) in [6, 6.07) is 17.7. The normalized spacial score (nSPS) is 19.1. The molecule has 1 saturated heterocycles. The van der Waals surface area contributed by atoms with Crippen molar-refractivity contribution in [2.45, 2.75) is 38.9 Å². The average Bonchev–Trinajstić information content (AvgIpc) is 3.39. The second-order valence-electron chi connectivity index (χ2n) is 9.71. The van der Waals surface area contributed by atoms with Gasteiger partial charge in [0.25, 0.3) is 0 Å². The van der Waals surface area contributed by atoms with Gasteiger partial charge in [-0.25, -0.2) is 0 Å². The molecule has 0 atom stereocenters. The maximum Gasteiger partial charge on any atom is 0.494 e. The highest BCUT2D eigenvalue weighted by Gasteiger charge is 2.51. The van der Waals surface area contributed by atoms with Crippen molar-refractivity contribution in [2.24, 2.45) is 0 Å². The van der Waals surface area contributed by atoms with Crippen LogP contribution in [0.4, 0.5) is 0 Å². The molecule has 0 unspecified atom stereocenters. The highest BCUT2D eigenvalue weighted by molar-refractivity contribution is 6.62. The van der Waals surface area contributed by atoms with Gasteiger partial charge in [0.15, 0.2) is 0 Å². The molecule has 2 heterocycles. The minimum Gasteiger partial charge on any atom is -0.455 e. The summed E-state index contributed by atoms with van der Waals surface area (Å²) in [6.45, 7) is 8.02. The SMILES string of the molecule is [2H]c1c([2H])c([2H])c(-c2cc(-c3ccccc3)cc3c2oc2cc(B4OC(C)(C)C(C)(C)O4)ccc23)c([2H])c1[2H]. The zero-order chi connectivity index (χ0) is 27.9. The van der Waals surface area contributed by atoms with Crippen LogP contribution in [-0.4, -0.2) is 18.3 Å². The lowest BCUT2D eigenvalue weighted by molar-refractivity contribution is 0.00578. The van der Waals surface area contributed by atoms with Crippen molar-refractivity contribution in [2.75, 3.05) is 0 Å². The first-order valence-corrected chi connectivity index (χ1v) is 11.4. The van der Waals surface area contributed by atoms with E-state index in [-0.39, 0.29) is 29.7 Å². The van der Waals surface area contributed by atoms with Crippen molar-refractivity contribution >= 4 is 34.5 Å². The minimum absolute atomic E-state index is 0.106. The lowest BCUT2D eigenvalue weighted by Gasteiger charge is -2.32. The molecule has 34 heavy (non-hydrogen) atoms. The van der Waals surface area contributed by atoms with Crippen LogP contribution < -0.4 is 5.46 Å². The molecule has 0 amide bonds. The van der Waals surface area contributed by atoms with Crippen molar-refractivity contribution in [3.05, 3.63) is 90.9 Å². The van der Waals surface area contributed by atoms with Gasteiger partial charge < -0.3 is 13.7 Å². The second kappa shape index (κ2) is 7.59. The molecule has 0 saturated carbocycles. The third-order valence-electron chi connectivity index (χ3n) is 7.00. The third-order valence-corrected chi connectivity index (χ3v) is 7.00. The monoisotopic (exact) mass is 451 g/mol. The molecule has 0 bridgehead atoms. The van der Waals surface area contributed by atoms with E-state index in [9.17, 15) is 0 Å². The molecule has 0 aliphatic carbocycles. The third kappa shape index (κ3) is 3.37. The molecule has 5 aromatic rings. The van der Waals surface area contributed by atoms with Gasteiger partial charge in [0, 0.05) is 16.3 Å². The molecule has 1 aliphatic rings. The smallest absolute Gasteiger partial charge is 0.455 e. The minimum atomic E-state index is -0.562. The summed E-state index contributed by atoms with van der Waals surface area (Å²) in [5.74, 6) is 0. The number of fused-ring (bicyclic) bond motifs is 3. The first-order valence-electron chi connectivity index (χ1n) is 13.9. The standard InChI is InChI=1S/C30H27BO3/c1-29(2)30(3,4)34-31(33-29)23-15-16-24-26-18-22(20-11-7-5-8-12-20)17-25(21-13-9-6-10-14-21)28(26)32-27(24)19-23/h5-19H,1-4H3/i6D,9D,10D,13D,14D. The molecule has 1 aliphatic heterocycles. The van der Waals surface area contributed by atoms with Gasteiger partial charge in [0.2, 0.25) is 0 Å². The van der Waals surface area contributed by atoms with Gasteiger partial charge in [-0.2, -0.15) is 0 Å². The molecule has 4 aromatic carbocycles. The van der Waals surface area contributed by atoms with Crippen LogP contribution >= 0.6 is 0 Å². The highest BCUT2D eigenvalue weighted by Crippen LogP contribution is 2.40. The van der Waals surface area contributed by atoms with Crippen LogP contribution in [0.2, 0.25) is 0 Å². The fraction of sp³-hybridized carbons (Fsp3) is 0.200. The Bertz CT molecular complexity index is 1730. The molecule has 0 radical (unpaired) electrons. The Morgan fingerprint density at radius 2 is 1.41 bits per heavy atom. The second-order valence-corrected chi connectivity index (χ2v) is 9.71. The van der Waals surface area contributed by atoms with Crippen LogP contribution in [0.5, 0.6) is 0 Å². The predicted octanol–water partition coefficient (Wildman–Crippen LogP) is 7.22. The maximum atomic E-state index is 8.63. The molecule has 168 valence electrons. The van der Waals surface area contributed by atoms with E-state index in [0.29, 0.717) is 16.7 Å². The Labute approximate surface area is 207 Å². The first kappa shape index (κ1) is 16.3. The molecule has 6 rings (SSSR count). The summed E-state index contributed by atoms with van der Waals surface area (Å²) >= 11 is 0. The lowest BCUT2D eigenvalue weighted by atomic mass is 9.79. The van der Waals surface area contributed by atoms with E-state index in [0.717, 1.165) is 27.4 Å². The number of furan rings is 1. The number of hydrogen-bond donors (Lipinski definition) is 0. The van der Waals surface area contributed by atoms with E-state index in [2.05, 4.69) is 0 Å². The average molecular weight is 451 g/mol. The van der Waals surface area contributed by atoms with Gasteiger partial charge in [0.1, 0.15) is 11.2 Å². The summed E-state index contributed by atoms with van der Waals surface area (Å²) in [7, 11) is -0.562.